The highest BCUT2D eigenvalue weighted by molar-refractivity contribution is 5.88. The molecule has 0 bridgehead atoms. The molecule has 2 N–H and O–H groups in total. The Labute approximate surface area is 190 Å². The van der Waals surface area contributed by atoms with Gasteiger partial charge < -0.3 is 20.1 Å². The molecule has 8 nitrogen and oxygen atoms in total. The van der Waals surface area contributed by atoms with Crippen LogP contribution in [0.5, 0.6) is 5.75 Å². The van der Waals surface area contributed by atoms with E-state index in [-0.39, 0.29) is 23.8 Å². The van der Waals surface area contributed by atoms with Crippen molar-refractivity contribution >= 4 is 11.8 Å². The van der Waals surface area contributed by atoms with Gasteiger partial charge in [0, 0.05) is 44.8 Å². The number of morpholine rings is 1. The Bertz CT molecular complexity index is 790. The quantitative estimate of drug-likeness (QED) is 0.626. The molecular weight excluding hydrogens is 408 g/mol. The maximum atomic E-state index is 13.0. The molecule has 1 aromatic rings. The Kier molecular flexibility index (Phi) is 7.65. The Balaban J connectivity index is 1.36. The van der Waals surface area contributed by atoms with Crippen molar-refractivity contribution in [2.24, 2.45) is 0 Å². The minimum absolute atomic E-state index is 0.0363. The van der Waals surface area contributed by atoms with E-state index in [9.17, 15) is 9.59 Å². The minimum Gasteiger partial charge on any atom is -0.497 e. The van der Waals surface area contributed by atoms with Crippen molar-refractivity contribution < 1.29 is 19.1 Å². The first-order valence-electron chi connectivity index (χ1n) is 11.8. The molecule has 3 fully saturated rings. The maximum absolute atomic E-state index is 13.0. The molecule has 1 aliphatic carbocycles. The maximum Gasteiger partial charge on any atom is 0.237 e. The number of amides is 2. The smallest absolute Gasteiger partial charge is 0.237 e. The van der Waals surface area contributed by atoms with Gasteiger partial charge in [0.25, 0.3) is 0 Å². The van der Waals surface area contributed by atoms with E-state index in [1.54, 1.807) is 7.11 Å². The third-order valence-electron chi connectivity index (χ3n) is 7.17. The van der Waals surface area contributed by atoms with Gasteiger partial charge in [0.05, 0.1) is 32.8 Å². The minimum atomic E-state index is -0.460. The number of carbonyl (C=O) groups excluding carboxylic acids is 2. The van der Waals surface area contributed by atoms with Gasteiger partial charge in [0.1, 0.15) is 5.75 Å². The fourth-order valence-corrected chi connectivity index (χ4v) is 5.37. The molecule has 0 unspecified atom stereocenters. The summed E-state index contributed by atoms with van der Waals surface area (Å²) in [4.78, 5) is 30.2. The number of hydrogen-bond acceptors (Lipinski definition) is 6. The summed E-state index contributed by atoms with van der Waals surface area (Å²) in [5.41, 5.74) is 1.11. The van der Waals surface area contributed by atoms with Crippen LogP contribution >= 0.6 is 0 Å². The van der Waals surface area contributed by atoms with Gasteiger partial charge in [0.15, 0.2) is 0 Å². The number of piperazine rings is 1. The van der Waals surface area contributed by atoms with E-state index in [1.165, 1.54) is 12.8 Å². The lowest BCUT2D eigenvalue weighted by Crippen LogP contribution is -2.59. The number of hydrogen-bond donors (Lipinski definition) is 2. The molecule has 1 atom stereocenters. The highest BCUT2D eigenvalue weighted by Gasteiger charge is 2.40. The zero-order valence-electron chi connectivity index (χ0n) is 19.1. The predicted molar refractivity (Wildman–Crippen MR) is 121 cm³/mol. The highest BCUT2D eigenvalue weighted by atomic mass is 16.5. The second kappa shape index (κ2) is 10.6. The van der Waals surface area contributed by atoms with Gasteiger partial charge >= 0.3 is 0 Å². The van der Waals surface area contributed by atoms with Crippen LogP contribution in [0.15, 0.2) is 24.3 Å². The molecule has 1 saturated carbocycles. The van der Waals surface area contributed by atoms with Crippen LogP contribution in [0.2, 0.25) is 0 Å². The Morgan fingerprint density at radius 2 is 2.03 bits per heavy atom. The van der Waals surface area contributed by atoms with Crippen molar-refractivity contribution in [3.8, 4) is 5.75 Å². The van der Waals surface area contributed by atoms with E-state index < -0.39 is 6.04 Å². The van der Waals surface area contributed by atoms with E-state index in [1.807, 2.05) is 24.3 Å². The summed E-state index contributed by atoms with van der Waals surface area (Å²) in [6, 6.07) is 7.41. The van der Waals surface area contributed by atoms with Gasteiger partial charge in [0.2, 0.25) is 11.8 Å². The Hall–Kier alpha value is -2.16. The van der Waals surface area contributed by atoms with Crippen LogP contribution in [-0.4, -0.2) is 86.2 Å². The van der Waals surface area contributed by atoms with Crippen molar-refractivity contribution in [1.29, 1.82) is 0 Å². The molecule has 2 saturated heterocycles. The van der Waals surface area contributed by atoms with Crippen molar-refractivity contribution in [2.75, 3.05) is 53.0 Å². The van der Waals surface area contributed by atoms with Crippen molar-refractivity contribution in [3.63, 3.8) is 0 Å². The monoisotopic (exact) mass is 444 g/mol. The van der Waals surface area contributed by atoms with E-state index >= 15 is 0 Å². The molecule has 2 aliphatic heterocycles. The molecular formula is C24H36N4O4. The first kappa shape index (κ1) is 23.0. The van der Waals surface area contributed by atoms with Crippen LogP contribution in [0.25, 0.3) is 0 Å². The molecule has 32 heavy (non-hydrogen) atoms. The highest BCUT2D eigenvalue weighted by Crippen LogP contribution is 2.35. The Morgan fingerprint density at radius 3 is 2.78 bits per heavy atom. The first-order chi connectivity index (χ1) is 15.6. The summed E-state index contributed by atoms with van der Waals surface area (Å²) >= 11 is 0. The molecule has 4 rings (SSSR count). The zero-order chi connectivity index (χ0) is 22.4. The zero-order valence-corrected chi connectivity index (χ0v) is 19.1. The van der Waals surface area contributed by atoms with Crippen LogP contribution in [0.4, 0.5) is 0 Å². The summed E-state index contributed by atoms with van der Waals surface area (Å²) in [6.45, 7) is 5.95. The van der Waals surface area contributed by atoms with Crippen LogP contribution in [0.1, 0.15) is 37.7 Å². The average Bonchev–Trinajstić information content (AvgIpc) is 3.31. The van der Waals surface area contributed by atoms with Gasteiger partial charge in [-0.15, -0.1) is 0 Å². The van der Waals surface area contributed by atoms with E-state index in [0.717, 1.165) is 57.0 Å². The molecule has 0 radical (unpaired) electrons. The van der Waals surface area contributed by atoms with Crippen molar-refractivity contribution in [2.45, 2.75) is 50.2 Å². The summed E-state index contributed by atoms with van der Waals surface area (Å²) in [5, 5.41) is 6.11. The number of ether oxygens (including phenoxy) is 2. The molecule has 3 aliphatic rings. The molecule has 176 valence electrons. The predicted octanol–water partition coefficient (Wildman–Crippen LogP) is 1.15. The number of nitrogens with zero attached hydrogens (tertiary/aromatic N) is 2. The summed E-state index contributed by atoms with van der Waals surface area (Å²) in [6.07, 6.45) is 4.80. The molecule has 8 heteroatoms. The second-order valence-electron chi connectivity index (χ2n) is 9.14. The third-order valence-corrected chi connectivity index (χ3v) is 7.17. The van der Waals surface area contributed by atoms with Gasteiger partial charge in [-0.1, -0.05) is 25.0 Å². The summed E-state index contributed by atoms with van der Waals surface area (Å²) in [5.74, 6) is 0.670. The van der Waals surface area contributed by atoms with E-state index in [2.05, 4.69) is 20.4 Å². The van der Waals surface area contributed by atoms with Crippen LogP contribution < -0.4 is 15.4 Å². The number of carbonyl (C=O) groups is 2. The van der Waals surface area contributed by atoms with Crippen LogP contribution in [0.3, 0.4) is 0 Å². The second-order valence-corrected chi connectivity index (χ2v) is 9.14. The van der Waals surface area contributed by atoms with Crippen LogP contribution in [0, 0.1) is 0 Å². The lowest BCUT2D eigenvalue weighted by molar-refractivity contribution is -0.134. The third kappa shape index (κ3) is 5.42. The molecule has 0 aromatic heterocycles. The van der Waals surface area contributed by atoms with Gasteiger partial charge in [-0.2, -0.15) is 0 Å². The standard InChI is InChI=1S/C24H36N4O4/c1-31-20-6-4-5-19(15-20)17-27-10-9-25-23(30)21(27)16-22(29)26-18-24(7-2-3-8-24)28-11-13-32-14-12-28/h4-6,15,21H,2-3,7-14,16-18H2,1H3,(H,25,30)(H,26,29)/t21-/m1/s1. The Morgan fingerprint density at radius 1 is 1.25 bits per heavy atom. The number of methoxy groups -OCH3 is 1. The number of nitrogens with one attached hydrogen (secondary N) is 2. The lowest BCUT2D eigenvalue weighted by Gasteiger charge is -2.43. The number of rotatable bonds is 8. The van der Waals surface area contributed by atoms with Gasteiger partial charge in [-0.05, 0) is 30.5 Å². The van der Waals surface area contributed by atoms with Gasteiger partial charge in [-0.3, -0.25) is 19.4 Å². The summed E-state index contributed by atoms with van der Waals surface area (Å²) < 4.78 is 10.9. The molecule has 0 spiro atoms. The average molecular weight is 445 g/mol. The largest absolute Gasteiger partial charge is 0.497 e. The van der Waals surface area contributed by atoms with Crippen LogP contribution in [-0.2, 0) is 20.9 Å². The summed E-state index contributed by atoms with van der Waals surface area (Å²) in [7, 11) is 1.65. The topological polar surface area (TPSA) is 83.1 Å². The fraction of sp³-hybridized carbons (Fsp3) is 0.667. The first-order valence-corrected chi connectivity index (χ1v) is 11.8. The molecule has 2 amide bonds. The normalized spacial score (nSPS) is 24.2. The number of benzene rings is 1. The van der Waals surface area contributed by atoms with Gasteiger partial charge in [-0.25, -0.2) is 0 Å². The van der Waals surface area contributed by atoms with E-state index in [0.29, 0.717) is 19.6 Å². The molecule has 2 heterocycles. The van der Waals surface area contributed by atoms with Crippen molar-refractivity contribution in [3.05, 3.63) is 29.8 Å². The molecule has 1 aromatic carbocycles. The van der Waals surface area contributed by atoms with E-state index in [4.69, 9.17) is 9.47 Å². The fourth-order valence-electron chi connectivity index (χ4n) is 5.37. The lowest BCUT2D eigenvalue weighted by atomic mass is 9.94. The SMILES string of the molecule is COc1cccc(CN2CCNC(=O)[C@H]2CC(=O)NCC2(N3CCOCC3)CCCC2)c1. The van der Waals surface area contributed by atoms with Crippen molar-refractivity contribution in [1.82, 2.24) is 20.4 Å².